The molecule has 0 radical (unpaired) electrons. The average Bonchev–Trinajstić information content (AvgIpc) is 2.77. The summed E-state index contributed by atoms with van der Waals surface area (Å²) in [7, 11) is 0. The van der Waals surface area contributed by atoms with Crippen LogP contribution in [0.25, 0.3) is 0 Å². The van der Waals surface area contributed by atoms with Crippen molar-refractivity contribution in [3.8, 4) is 5.75 Å². The fraction of sp³-hybridized carbons (Fsp3) is 0.400. The van der Waals surface area contributed by atoms with E-state index >= 15 is 0 Å². The SMILES string of the molecule is CCn1nc(C)cc1COc1ccc([C@@H](C)N)cc1Cl. The van der Waals surface area contributed by atoms with Gasteiger partial charge in [-0.25, -0.2) is 0 Å². The Morgan fingerprint density at radius 1 is 1.40 bits per heavy atom. The summed E-state index contributed by atoms with van der Waals surface area (Å²) in [6.45, 7) is 7.23. The molecule has 0 fully saturated rings. The van der Waals surface area contributed by atoms with Crippen molar-refractivity contribution in [1.82, 2.24) is 9.78 Å². The second-order valence-electron chi connectivity index (χ2n) is 4.86. The highest BCUT2D eigenvalue weighted by atomic mass is 35.5. The number of ether oxygens (including phenoxy) is 1. The molecule has 108 valence electrons. The lowest BCUT2D eigenvalue weighted by Gasteiger charge is -2.11. The summed E-state index contributed by atoms with van der Waals surface area (Å²) in [5.41, 5.74) is 8.85. The van der Waals surface area contributed by atoms with E-state index in [0.717, 1.165) is 23.5 Å². The molecule has 5 heteroatoms. The first kappa shape index (κ1) is 14.9. The zero-order valence-electron chi connectivity index (χ0n) is 12.1. The molecule has 2 aromatic rings. The van der Waals surface area contributed by atoms with Crippen LogP contribution in [0.4, 0.5) is 0 Å². The fourth-order valence-corrected chi connectivity index (χ4v) is 2.30. The van der Waals surface area contributed by atoms with E-state index in [2.05, 4.69) is 12.0 Å². The molecular weight excluding hydrogens is 274 g/mol. The molecule has 1 heterocycles. The maximum absolute atomic E-state index is 6.22. The highest BCUT2D eigenvalue weighted by Crippen LogP contribution is 2.28. The van der Waals surface area contributed by atoms with Gasteiger partial charge in [0.05, 0.1) is 16.4 Å². The summed E-state index contributed by atoms with van der Waals surface area (Å²) in [5, 5.41) is 4.97. The second kappa shape index (κ2) is 6.29. The summed E-state index contributed by atoms with van der Waals surface area (Å²) in [4.78, 5) is 0. The molecule has 1 aromatic carbocycles. The first-order valence-corrected chi connectivity index (χ1v) is 7.10. The van der Waals surface area contributed by atoms with Crippen LogP contribution in [0.1, 0.15) is 36.8 Å². The molecule has 0 saturated carbocycles. The minimum absolute atomic E-state index is 0.0364. The van der Waals surface area contributed by atoms with Gasteiger partial charge in [-0.1, -0.05) is 17.7 Å². The van der Waals surface area contributed by atoms with Crippen LogP contribution in [-0.4, -0.2) is 9.78 Å². The number of hydrogen-bond donors (Lipinski definition) is 1. The number of benzene rings is 1. The van der Waals surface area contributed by atoms with E-state index < -0.39 is 0 Å². The van der Waals surface area contributed by atoms with Gasteiger partial charge in [0.25, 0.3) is 0 Å². The van der Waals surface area contributed by atoms with Gasteiger partial charge in [-0.2, -0.15) is 5.10 Å². The van der Waals surface area contributed by atoms with Crippen molar-refractivity contribution in [2.24, 2.45) is 5.73 Å². The van der Waals surface area contributed by atoms with Gasteiger partial charge in [0.1, 0.15) is 12.4 Å². The summed E-state index contributed by atoms with van der Waals surface area (Å²) in [5.74, 6) is 0.664. The third-order valence-electron chi connectivity index (χ3n) is 3.14. The zero-order valence-corrected chi connectivity index (χ0v) is 12.8. The number of aryl methyl sites for hydroxylation is 2. The van der Waals surface area contributed by atoms with Crippen LogP contribution in [0.15, 0.2) is 24.3 Å². The van der Waals surface area contributed by atoms with Gasteiger partial charge in [0.2, 0.25) is 0 Å². The molecule has 1 atom stereocenters. The topological polar surface area (TPSA) is 53.1 Å². The first-order valence-electron chi connectivity index (χ1n) is 6.72. The van der Waals surface area contributed by atoms with E-state index in [-0.39, 0.29) is 6.04 Å². The van der Waals surface area contributed by atoms with Crippen molar-refractivity contribution in [1.29, 1.82) is 0 Å². The van der Waals surface area contributed by atoms with Crippen molar-refractivity contribution in [2.75, 3.05) is 0 Å². The Labute approximate surface area is 124 Å². The Kier molecular flexibility index (Phi) is 4.68. The molecule has 0 aliphatic heterocycles. The smallest absolute Gasteiger partial charge is 0.138 e. The third-order valence-corrected chi connectivity index (χ3v) is 3.44. The number of nitrogens with zero attached hydrogens (tertiary/aromatic N) is 2. The molecule has 2 N–H and O–H groups in total. The second-order valence-corrected chi connectivity index (χ2v) is 5.27. The molecule has 0 spiro atoms. The normalized spacial score (nSPS) is 12.4. The summed E-state index contributed by atoms with van der Waals surface area (Å²) >= 11 is 6.22. The Hall–Kier alpha value is -1.52. The molecule has 0 unspecified atom stereocenters. The highest BCUT2D eigenvalue weighted by molar-refractivity contribution is 6.32. The third kappa shape index (κ3) is 3.32. The zero-order chi connectivity index (χ0) is 14.7. The van der Waals surface area contributed by atoms with Crippen molar-refractivity contribution >= 4 is 11.6 Å². The predicted molar refractivity (Wildman–Crippen MR) is 81.0 cm³/mol. The van der Waals surface area contributed by atoms with Crippen molar-refractivity contribution < 1.29 is 4.74 Å². The Balaban J connectivity index is 2.10. The summed E-state index contributed by atoms with van der Waals surface area (Å²) in [6.07, 6.45) is 0. The van der Waals surface area contributed by atoms with E-state index in [4.69, 9.17) is 22.1 Å². The van der Waals surface area contributed by atoms with Crippen LogP contribution in [0.5, 0.6) is 5.75 Å². The van der Waals surface area contributed by atoms with E-state index in [0.29, 0.717) is 17.4 Å². The molecule has 0 aliphatic carbocycles. The average molecular weight is 294 g/mol. The molecule has 0 amide bonds. The summed E-state index contributed by atoms with van der Waals surface area (Å²) < 4.78 is 7.71. The fourth-order valence-electron chi connectivity index (χ4n) is 2.06. The Bertz CT molecular complexity index is 593. The van der Waals surface area contributed by atoms with E-state index in [1.54, 1.807) is 0 Å². The molecule has 1 aromatic heterocycles. The van der Waals surface area contributed by atoms with Gasteiger partial charge < -0.3 is 10.5 Å². The van der Waals surface area contributed by atoms with E-state index in [9.17, 15) is 0 Å². The number of aromatic nitrogens is 2. The lowest BCUT2D eigenvalue weighted by Crippen LogP contribution is -2.07. The maximum atomic E-state index is 6.22. The monoisotopic (exact) mass is 293 g/mol. The highest BCUT2D eigenvalue weighted by Gasteiger charge is 2.08. The van der Waals surface area contributed by atoms with Crippen LogP contribution in [0, 0.1) is 6.92 Å². The van der Waals surface area contributed by atoms with Crippen molar-refractivity contribution in [3.63, 3.8) is 0 Å². The maximum Gasteiger partial charge on any atom is 0.138 e. The quantitative estimate of drug-likeness (QED) is 0.918. The van der Waals surface area contributed by atoms with Gasteiger partial charge in [-0.05, 0) is 44.5 Å². The molecule has 20 heavy (non-hydrogen) atoms. The molecule has 0 bridgehead atoms. The van der Waals surface area contributed by atoms with Crippen LogP contribution in [0.3, 0.4) is 0 Å². The van der Waals surface area contributed by atoms with E-state index in [1.165, 1.54) is 0 Å². The molecule has 0 saturated heterocycles. The summed E-state index contributed by atoms with van der Waals surface area (Å²) in [6, 6.07) is 7.64. The lowest BCUT2D eigenvalue weighted by molar-refractivity contribution is 0.292. The van der Waals surface area contributed by atoms with Crippen LogP contribution < -0.4 is 10.5 Å². The van der Waals surface area contributed by atoms with E-state index in [1.807, 2.05) is 42.8 Å². The number of halogens is 1. The van der Waals surface area contributed by atoms with Gasteiger partial charge in [0, 0.05) is 12.6 Å². The van der Waals surface area contributed by atoms with Crippen molar-refractivity contribution in [2.45, 2.75) is 40.0 Å². The standard InChI is InChI=1S/C15H20ClN3O/c1-4-19-13(7-10(2)18-19)9-20-15-6-5-12(11(3)17)8-14(15)16/h5-8,11H,4,9,17H2,1-3H3/t11-/m1/s1. The first-order chi connectivity index (χ1) is 9.51. The van der Waals surface area contributed by atoms with Crippen LogP contribution in [0.2, 0.25) is 5.02 Å². The molecule has 2 rings (SSSR count). The molecule has 0 aliphatic rings. The molecule has 4 nitrogen and oxygen atoms in total. The number of rotatable bonds is 5. The predicted octanol–water partition coefficient (Wildman–Crippen LogP) is 3.46. The lowest BCUT2D eigenvalue weighted by atomic mass is 10.1. The van der Waals surface area contributed by atoms with Crippen molar-refractivity contribution in [3.05, 3.63) is 46.2 Å². The molecular formula is C15H20ClN3O. The largest absolute Gasteiger partial charge is 0.486 e. The number of nitrogens with two attached hydrogens (primary N) is 1. The van der Waals surface area contributed by atoms with Gasteiger partial charge in [0.15, 0.2) is 0 Å². The Morgan fingerprint density at radius 3 is 2.75 bits per heavy atom. The van der Waals surface area contributed by atoms with Gasteiger partial charge >= 0.3 is 0 Å². The minimum atomic E-state index is -0.0364. The van der Waals surface area contributed by atoms with Crippen LogP contribution in [-0.2, 0) is 13.2 Å². The van der Waals surface area contributed by atoms with Crippen LogP contribution >= 0.6 is 11.6 Å². The van der Waals surface area contributed by atoms with Gasteiger partial charge in [-0.3, -0.25) is 4.68 Å². The Morgan fingerprint density at radius 2 is 2.15 bits per heavy atom. The number of hydrogen-bond acceptors (Lipinski definition) is 3. The minimum Gasteiger partial charge on any atom is -0.486 e. The van der Waals surface area contributed by atoms with Gasteiger partial charge in [-0.15, -0.1) is 0 Å².